The minimum atomic E-state index is -0.765. The van der Waals surface area contributed by atoms with Crippen molar-refractivity contribution in [1.29, 1.82) is 0 Å². The Labute approximate surface area is 133 Å². The fourth-order valence-corrected chi connectivity index (χ4v) is 2.06. The Bertz CT molecular complexity index is 770. The van der Waals surface area contributed by atoms with E-state index in [1.165, 1.54) is 20.3 Å². The molecule has 7 nitrogen and oxygen atoms in total. The number of carbonyl (C=O) groups excluding carboxylic acids is 1. The van der Waals surface area contributed by atoms with Gasteiger partial charge < -0.3 is 14.8 Å². The fourth-order valence-electron chi connectivity index (χ4n) is 2.06. The van der Waals surface area contributed by atoms with Crippen molar-refractivity contribution < 1.29 is 14.3 Å². The quantitative estimate of drug-likeness (QED) is 0.909. The first-order valence-electron chi connectivity index (χ1n) is 7.05. The van der Waals surface area contributed by atoms with Gasteiger partial charge in [-0.05, 0) is 32.0 Å². The van der Waals surface area contributed by atoms with Crippen LogP contribution in [-0.2, 0) is 4.79 Å². The molecule has 122 valence electrons. The predicted molar refractivity (Wildman–Crippen MR) is 86.1 cm³/mol. The van der Waals surface area contributed by atoms with Crippen LogP contribution in [0.2, 0.25) is 0 Å². The minimum Gasteiger partial charge on any atom is -0.497 e. The lowest BCUT2D eigenvalue weighted by Crippen LogP contribution is -2.33. The fraction of sp³-hybridized carbons (Fsp3) is 0.312. The van der Waals surface area contributed by atoms with Crippen molar-refractivity contribution in [3.05, 3.63) is 46.4 Å². The molecule has 1 amide bonds. The number of ether oxygens (including phenoxy) is 2. The van der Waals surface area contributed by atoms with Gasteiger partial charge in [-0.3, -0.25) is 9.59 Å². The first kappa shape index (κ1) is 16.5. The van der Waals surface area contributed by atoms with Crippen LogP contribution in [0.3, 0.4) is 0 Å². The van der Waals surface area contributed by atoms with Gasteiger partial charge in [0, 0.05) is 12.1 Å². The van der Waals surface area contributed by atoms with Crippen molar-refractivity contribution in [3.8, 4) is 11.5 Å². The lowest BCUT2D eigenvalue weighted by atomic mass is 10.2. The summed E-state index contributed by atoms with van der Waals surface area (Å²) in [6.45, 7) is 3.36. The summed E-state index contributed by atoms with van der Waals surface area (Å²) in [5.74, 6) is 0.701. The molecule has 2 aromatic rings. The maximum atomic E-state index is 12.4. The molecule has 1 N–H and O–H groups in total. The second-order valence-electron chi connectivity index (χ2n) is 4.99. The molecule has 0 saturated carbocycles. The molecule has 7 heteroatoms. The molecule has 0 aliphatic heterocycles. The average Bonchev–Trinajstić information content (AvgIpc) is 2.56. The molecule has 1 heterocycles. The summed E-state index contributed by atoms with van der Waals surface area (Å²) in [4.78, 5) is 24.3. The van der Waals surface area contributed by atoms with Gasteiger partial charge in [0.25, 0.3) is 5.56 Å². The lowest BCUT2D eigenvalue weighted by Gasteiger charge is -2.16. The summed E-state index contributed by atoms with van der Waals surface area (Å²) >= 11 is 0. The summed E-state index contributed by atoms with van der Waals surface area (Å²) in [7, 11) is 3.04. The van der Waals surface area contributed by atoms with E-state index in [1.54, 1.807) is 38.1 Å². The summed E-state index contributed by atoms with van der Waals surface area (Å²) in [5, 5.41) is 6.84. The number of rotatable bonds is 5. The van der Waals surface area contributed by atoms with Crippen LogP contribution in [0.5, 0.6) is 11.5 Å². The molecule has 2 rings (SSSR count). The summed E-state index contributed by atoms with van der Waals surface area (Å²) in [5.41, 5.74) is 0.781. The molecular weight excluding hydrogens is 298 g/mol. The van der Waals surface area contributed by atoms with Crippen LogP contribution in [0.4, 0.5) is 5.69 Å². The Morgan fingerprint density at radius 2 is 1.96 bits per heavy atom. The van der Waals surface area contributed by atoms with Crippen molar-refractivity contribution >= 4 is 11.6 Å². The molecule has 0 bridgehead atoms. The highest BCUT2D eigenvalue weighted by atomic mass is 16.5. The molecule has 1 atom stereocenters. The molecule has 0 spiro atoms. The van der Waals surface area contributed by atoms with E-state index in [9.17, 15) is 9.59 Å². The van der Waals surface area contributed by atoms with Crippen LogP contribution in [0.1, 0.15) is 18.7 Å². The maximum Gasteiger partial charge on any atom is 0.267 e. The molecular formula is C16H19N3O4. The third kappa shape index (κ3) is 3.68. The first-order valence-corrected chi connectivity index (χ1v) is 7.05. The highest BCUT2D eigenvalue weighted by Crippen LogP contribution is 2.29. The number of benzene rings is 1. The number of carbonyl (C=O) groups is 1. The number of hydrogen-bond donors (Lipinski definition) is 1. The number of amides is 1. The van der Waals surface area contributed by atoms with Gasteiger partial charge in [0.15, 0.2) is 0 Å². The largest absolute Gasteiger partial charge is 0.497 e. The van der Waals surface area contributed by atoms with Gasteiger partial charge in [-0.2, -0.15) is 5.10 Å². The third-order valence-corrected chi connectivity index (χ3v) is 3.37. The van der Waals surface area contributed by atoms with Gasteiger partial charge >= 0.3 is 0 Å². The molecule has 23 heavy (non-hydrogen) atoms. The van der Waals surface area contributed by atoms with E-state index >= 15 is 0 Å². The van der Waals surface area contributed by atoms with Crippen molar-refractivity contribution in [2.45, 2.75) is 19.9 Å². The molecule has 0 aliphatic carbocycles. The summed E-state index contributed by atoms with van der Waals surface area (Å²) in [6, 6.07) is 7.29. The smallest absolute Gasteiger partial charge is 0.267 e. The molecule has 0 aliphatic rings. The van der Waals surface area contributed by atoms with Crippen LogP contribution in [0, 0.1) is 6.92 Å². The molecule has 0 fully saturated rings. The number of nitrogens with zero attached hydrogens (tertiary/aromatic N) is 2. The third-order valence-electron chi connectivity index (χ3n) is 3.37. The molecule has 1 unspecified atom stereocenters. The predicted octanol–water partition coefficient (Wildman–Crippen LogP) is 1.77. The standard InChI is InChI=1S/C16H19N3O4/c1-10-5-8-15(20)19(18-10)11(2)16(21)17-13-9-12(22-3)6-7-14(13)23-4/h5-9,11H,1-4H3,(H,17,21). The van der Waals surface area contributed by atoms with Crippen LogP contribution in [-0.4, -0.2) is 29.9 Å². The number of aromatic nitrogens is 2. The van der Waals surface area contributed by atoms with Crippen LogP contribution < -0.4 is 20.3 Å². The number of methoxy groups -OCH3 is 2. The minimum absolute atomic E-state index is 0.337. The van der Waals surface area contributed by atoms with Gasteiger partial charge in [-0.1, -0.05) is 0 Å². The average molecular weight is 317 g/mol. The monoisotopic (exact) mass is 317 g/mol. The van der Waals surface area contributed by atoms with Gasteiger partial charge in [0.05, 0.1) is 25.6 Å². The molecule has 0 radical (unpaired) electrons. The molecule has 1 aromatic carbocycles. The van der Waals surface area contributed by atoms with Gasteiger partial charge in [-0.25, -0.2) is 4.68 Å². The van der Waals surface area contributed by atoms with Crippen molar-refractivity contribution in [1.82, 2.24) is 9.78 Å². The van der Waals surface area contributed by atoms with Gasteiger partial charge in [-0.15, -0.1) is 0 Å². The van der Waals surface area contributed by atoms with Crippen LogP contribution >= 0.6 is 0 Å². The summed E-state index contributed by atoms with van der Waals surface area (Å²) < 4.78 is 11.5. The lowest BCUT2D eigenvalue weighted by molar-refractivity contribution is -0.119. The Morgan fingerprint density at radius 3 is 2.61 bits per heavy atom. The van der Waals surface area contributed by atoms with Crippen molar-refractivity contribution in [2.75, 3.05) is 19.5 Å². The zero-order chi connectivity index (χ0) is 17.0. The Hall–Kier alpha value is -2.83. The van der Waals surface area contributed by atoms with Gasteiger partial charge in [0.2, 0.25) is 5.91 Å². The number of anilines is 1. The normalized spacial score (nSPS) is 11.7. The van der Waals surface area contributed by atoms with E-state index in [-0.39, 0.29) is 11.5 Å². The zero-order valence-corrected chi connectivity index (χ0v) is 13.5. The zero-order valence-electron chi connectivity index (χ0n) is 13.5. The number of hydrogen-bond acceptors (Lipinski definition) is 5. The van der Waals surface area contributed by atoms with E-state index in [4.69, 9.17) is 9.47 Å². The number of nitrogens with one attached hydrogen (secondary N) is 1. The van der Waals surface area contributed by atoms with Crippen LogP contribution in [0.25, 0.3) is 0 Å². The Kier molecular flexibility index (Phi) is 5.00. The van der Waals surface area contributed by atoms with E-state index in [0.29, 0.717) is 22.9 Å². The second-order valence-corrected chi connectivity index (χ2v) is 4.99. The van der Waals surface area contributed by atoms with E-state index in [2.05, 4.69) is 10.4 Å². The highest BCUT2D eigenvalue weighted by Gasteiger charge is 2.19. The van der Waals surface area contributed by atoms with E-state index < -0.39 is 6.04 Å². The maximum absolute atomic E-state index is 12.4. The molecule has 0 saturated heterocycles. The Balaban J connectivity index is 2.28. The van der Waals surface area contributed by atoms with E-state index in [1.807, 2.05) is 0 Å². The van der Waals surface area contributed by atoms with Crippen molar-refractivity contribution in [3.63, 3.8) is 0 Å². The first-order chi connectivity index (χ1) is 11.0. The second kappa shape index (κ2) is 6.95. The SMILES string of the molecule is COc1ccc(OC)c(NC(=O)C(C)n2nc(C)ccc2=O)c1. The summed E-state index contributed by atoms with van der Waals surface area (Å²) in [6.07, 6.45) is 0. The topological polar surface area (TPSA) is 82.4 Å². The van der Waals surface area contributed by atoms with Crippen LogP contribution in [0.15, 0.2) is 35.1 Å². The van der Waals surface area contributed by atoms with E-state index in [0.717, 1.165) is 4.68 Å². The highest BCUT2D eigenvalue weighted by molar-refractivity contribution is 5.95. The van der Waals surface area contributed by atoms with Gasteiger partial charge in [0.1, 0.15) is 17.5 Å². The Morgan fingerprint density at radius 1 is 1.22 bits per heavy atom. The number of aryl methyl sites for hydroxylation is 1. The molecule has 1 aromatic heterocycles. The van der Waals surface area contributed by atoms with Crippen molar-refractivity contribution in [2.24, 2.45) is 0 Å².